The van der Waals surface area contributed by atoms with Gasteiger partial charge >= 0.3 is 0 Å². The molecular weight excluding hydrogens is 253 g/mol. The molecule has 0 aliphatic carbocycles. The van der Waals surface area contributed by atoms with Crippen LogP contribution in [0.5, 0.6) is 0 Å². The number of carbonyl (C=O) groups excluding carboxylic acids is 1. The van der Waals surface area contributed by atoms with Crippen LogP contribution in [0.4, 0.5) is 10.1 Å². The predicted molar refractivity (Wildman–Crippen MR) is 77.1 cm³/mol. The molecule has 1 aliphatic heterocycles. The molecule has 1 aliphatic rings. The number of amides is 1. The summed E-state index contributed by atoms with van der Waals surface area (Å²) in [5, 5.41) is 0. The summed E-state index contributed by atoms with van der Waals surface area (Å²) in [6.07, 6.45) is 1.17. The molecule has 1 atom stereocenters. The highest BCUT2D eigenvalue weighted by atomic mass is 19.1. The maximum absolute atomic E-state index is 13.5. The molecule has 0 saturated carbocycles. The maximum Gasteiger partial charge on any atom is 0.227 e. The molecule has 2 aromatic rings. The second-order valence-electron chi connectivity index (χ2n) is 5.12. The minimum atomic E-state index is -0.302. The molecule has 0 spiro atoms. The Morgan fingerprint density at radius 2 is 1.85 bits per heavy atom. The molecule has 2 nitrogen and oxygen atoms in total. The van der Waals surface area contributed by atoms with E-state index >= 15 is 0 Å². The van der Waals surface area contributed by atoms with Crippen molar-refractivity contribution >= 4 is 11.6 Å². The third-order valence-electron chi connectivity index (χ3n) is 3.85. The normalized spacial score (nSPS) is 15.9. The van der Waals surface area contributed by atoms with E-state index in [9.17, 15) is 9.18 Å². The number of nitrogens with zero attached hydrogens (tertiary/aromatic N) is 1. The monoisotopic (exact) mass is 269 g/mol. The van der Waals surface area contributed by atoms with Gasteiger partial charge < -0.3 is 4.90 Å². The first kappa shape index (κ1) is 12.9. The Morgan fingerprint density at radius 3 is 2.60 bits per heavy atom. The van der Waals surface area contributed by atoms with E-state index in [-0.39, 0.29) is 17.8 Å². The molecule has 2 aromatic carbocycles. The van der Waals surface area contributed by atoms with Crippen LogP contribution >= 0.6 is 0 Å². The van der Waals surface area contributed by atoms with Crippen LogP contribution in [0, 0.1) is 5.82 Å². The van der Waals surface area contributed by atoms with Crippen LogP contribution in [0.15, 0.2) is 48.5 Å². The Morgan fingerprint density at radius 1 is 1.10 bits per heavy atom. The van der Waals surface area contributed by atoms with Crippen LogP contribution in [0.1, 0.15) is 30.5 Å². The van der Waals surface area contributed by atoms with E-state index in [4.69, 9.17) is 0 Å². The third-order valence-corrected chi connectivity index (χ3v) is 3.85. The Hall–Kier alpha value is -2.16. The van der Waals surface area contributed by atoms with Gasteiger partial charge in [-0.1, -0.05) is 36.4 Å². The highest BCUT2D eigenvalue weighted by molar-refractivity contribution is 5.97. The van der Waals surface area contributed by atoms with E-state index < -0.39 is 0 Å². The fraction of sp³-hybridized carbons (Fsp3) is 0.235. The quantitative estimate of drug-likeness (QED) is 0.810. The molecule has 0 fully saturated rings. The maximum atomic E-state index is 13.5. The number of anilines is 1. The van der Waals surface area contributed by atoms with Crippen LogP contribution in [0.25, 0.3) is 0 Å². The van der Waals surface area contributed by atoms with Gasteiger partial charge in [-0.25, -0.2) is 4.39 Å². The number of halogens is 1. The molecule has 1 heterocycles. The van der Waals surface area contributed by atoms with Crippen LogP contribution < -0.4 is 4.90 Å². The Labute approximate surface area is 117 Å². The SMILES string of the molecule is CC(c1ccccc1)N1C(=O)CCc2ccc(F)cc21. The van der Waals surface area contributed by atoms with Gasteiger partial charge in [0, 0.05) is 6.42 Å². The summed E-state index contributed by atoms with van der Waals surface area (Å²) in [5.41, 5.74) is 2.80. The largest absolute Gasteiger partial charge is 0.305 e. The average molecular weight is 269 g/mol. The smallest absolute Gasteiger partial charge is 0.227 e. The van der Waals surface area contributed by atoms with E-state index in [1.807, 2.05) is 37.3 Å². The number of fused-ring (bicyclic) bond motifs is 1. The van der Waals surface area contributed by atoms with Gasteiger partial charge in [0.1, 0.15) is 5.82 Å². The standard InChI is InChI=1S/C17H16FNO/c1-12(13-5-3-2-4-6-13)19-16-11-15(18)9-7-14(16)8-10-17(19)20/h2-7,9,11-12H,8,10H2,1H3. The summed E-state index contributed by atoms with van der Waals surface area (Å²) in [4.78, 5) is 14.0. The molecule has 3 heteroatoms. The lowest BCUT2D eigenvalue weighted by Gasteiger charge is -2.34. The summed E-state index contributed by atoms with van der Waals surface area (Å²) >= 11 is 0. The average Bonchev–Trinajstić information content (AvgIpc) is 2.47. The summed E-state index contributed by atoms with van der Waals surface area (Å²) in [6, 6.07) is 14.4. The van der Waals surface area contributed by atoms with E-state index in [1.54, 1.807) is 11.0 Å². The highest BCUT2D eigenvalue weighted by Crippen LogP contribution is 2.35. The fourth-order valence-corrected chi connectivity index (χ4v) is 2.77. The van der Waals surface area contributed by atoms with E-state index in [2.05, 4.69) is 0 Å². The zero-order valence-corrected chi connectivity index (χ0v) is 11.3. The zero-order valence-electron chi connectivity index (χ0n) is 11.3. The molecule has 1 unspecified atom stereocenters. The Bertz CT molecular complexity index is 639. The predicted octanol–water partition coefficient (Wildman–Crippen LogP) is 3.87. The summed E-state index contributed by atoms with van der Waals surface area (Å²) in [6.45, 7) is 1.98. The second-order valence-corrected chi connectivity index (χ2v) is 5.12. The Balaban J connectivity index is 2.05. The summed E-state index contributed by atoms with van der Waals surface area (Å²) < 4.78 is 13.5. The lowest BCUT2D eigenvalue weighted by Crippen LogP contribution is -2.37. The molecule has 0 aromatic heterocycles. The van der Waals surface area contributed by atoms with E-state index in [0.29, 0.717) is 18.5 Å². The number of benzene rings is 2. The second kappa shape index (κ2) is 5.08. The van der Waals surface area contributed by atoms with Crippen molar-refractivity contribution < 1.29 is 9.18 Å². The number of aryl methyl sites for hydroxylation is 1. The third kappa shape index (κ3) is 2.20. The van der Waals surface area contributed by atoms with Crippen molar-refractivity contribution in [2.75, 3.05) is 4.90 Å². The van der Waals surface area contributed by atoms with Gasteiger partial charge in [0.2, 0.25) is 5.91 Å². The van der Waals surface area contributed by atoms with Crippen LogP contribution in [-0.4, -0.2) is 5.91 Å². The van der Waals surface area contributed by atoms with Crippen molar-refractivity contribution in [2.45, 2.75) is 25.8 Å². The first-order valence-corrected chi connectivity index (χ1v) is 6.82. The van der Waals surface area contributed by atoms with E-state index in [0.717, 1.165) is 11.1 Å². The number of carbonyl (C=O) groups is 1. The van der Waals surface area contributed by atoms with Gasteiger partial charge in [0.15, 0.2) is 0 Å². The van der Waals surface area contributed by atoms with Crippen LogP contribution in [-0.2, 0) is 11.2 Å². The lowest BCUT2D eigenvalue weighted by molar-refractivity contribution is -0.119. The first-order chi connectivity index (χ1) is 9.66. The van der Waals surface area contributed by atoms with Crippen molar-refractivity contribution in [1.29, 1.82) is 0 Å². The molecule has 3 rings (SSSR count). The van der Waals surface area contributed by atoms with Crippen LogP contribution in [0.2, 0.25) is 0 Å². The van der Waals surface area contributed by atoms with Crippen molar-refractivity contribution in [3.05, 3.63) is 65.5 Å². The molecule has 0 bridgehead atoms. The minimum Gasteiger partial charge on any atom is -0.305 e. The topological polar surface area (TPSA) is 20.3 Å². The summed E-state index contributed by atoms with van der Waals surface area (Å²) in [7, 11) is 0. The van der Waals surface area contributed by atoms with Gasteiger partial charge in [0.25, 0.3) is 0 Å². The van der Waals surface area contributed by atoms with Gasteiger partial charge in [-0.05, 0) is 36.6 Å². The van der Waals surface area contributed by atoms with Gasteiger partial charge in [0.05, 0.1) is 11.7 Å². The van der Waals surface area contributed by atoms with Gasteiger partial charge in [-0.15, -0.1) is 0 Å². The molecule has 20 heavy (non-hydrogen) atoms. The van der Waals surface area contributed by atoms with Crippen LogP contribution in [0.3, 0.4) is 0 Å². The molecule has 102 valence electrons. The number of rotatable bonds is 2. The van der Waals surface area contributed by atoms with E-state index in [1.165, 1.54) is 12.1 Å². The van der Waals surface area contributed by atoms with Gasteiger partial charge in [-0.2, -0.15) is 0 Å². The van der Waals surface area contributed by atoms with Gasteiger partial charge in [-0.3, -0.25) is 4.79 Å². The lowest BCUT2D eigenvalue weighted by atomic mass is 9.97. The van der Waals surface area contributed by atoms with Crippen molar-refractivity contribution in [1.82, 2.24) is 0 Å². The number of hydrogen-bond acceptors (Lipinski definition) is 1. The van der Waals surface area contributed by atoms with Crippen molar-refractivity contribution in [2.24, 2.45) is 0 Å². The summed E-state index contributed by atoms with van der Waals surface area (Å²) in [5.74, 6) is -0.247. The highest BCUT2D eigenvalue weighted by Gasteiger charge is 2.29. The number of hydrogen-bond donors (Lipinski definition) is 0. The first-order valence-electron chi connectivity index (χ1n) is 6.82. The Kier molecular flexibility index (Phi) is 3.26. The fourth-order valence-electron chi connectivity index (χ4n) is 2.77. The minimum absolute atomic E-state index is 0.0550. The molecular formula is C17H16FNO. The zero-order chi connectivity index (χ0) is 14.1. The van der Waals surface area contributed by atoms with Crippen molar-refractivity contribution in [3.63, 3.8) is 0 Å². The molecule has 0 saturated heterocycles. The molecule has 0 radical (unpaired) electrons. The molecule has 1 amide bonds. The van der Waals surface area contributed by atoms with Crippen molar-refractivity contribution in [3.8, 4) is 0 Å². The molecule has 0 N–H and O–H groups in total.